The van der Waals surface area contributed by atoms with E-state index in [1.54, 1.807) is 0 Å². The first-order valence-corrected chi connectivity index (χ1v) is 5.25. The van der Waals surface area contributed by atoms with Crippen LogP contribution >= 0.6 is 0 Å². The van der Waals surface area contributed by atoms with E-state index in [-0.39, 0.29) is 12.6 Å². The number of nitrogens with two attached hydrogens (primary N) is 1. The van der Waals surface area contributed by atoms with E-state index < -0.39 is 0 Å². The van der Waals surface area contributed by atoms with Crippen LogP contribution in [0.2, 0.25) is 0 Å². The third-order valence-corrected chi connectivity index (χ3v) is 2.73. The quantitative estimate of drug-likeness (QED) is 0.756. The van der Waals surface area contributed by atoms with Crippen LogP contribution < -0.4 is 5.73 Å². The second-order valence-electron chi connectivity index (χ2n) is 4.17. The molecule has 1 saturated carbocycles. The van der Waals surface area contributed by atoms with Gasteiger partial charge in [-0.3, -0.25) is 0 Å². The van der Waals surface area contributed by atoms with Gasteiger partial charge in [0.25, 0.3) is 0 Å². The topological polar surface area (TPSA) is 46.2 Å². The molecule has 0 aromatic heterocycles. The molecule has 1 aliphatic rings. The minimum Gasteiger partial charge on any atom is -0.395 e. The molecule has 76 valence electrons. The highest BCUT2D eigenvalue weighted by molar-refractivity contribution is 5.29. The van der Waals surface area contributed by atoms with Gasteiger partial charge in [0, 0.05) is 6.04 Å². The van der Waals surface area contributed by atoms with Gasteiger partial charge >= 0.3 is 0 Å². The summed E-state index contributed by atoms with van der Waals surface area (Å²) in [5.41, 5.74) is 8.38. The largest absolute Gasteiger partial charge is 0.395 e. The standard InChI is InChI=1S/C12H17NO/c13-12(8-14)7-9-2-1-3-11(6-9)10-4-5-10/h1-3,6,10,12,14H,4-5,7-8,13H2. The van der Waals surface area contributed by atoms with Crippen molar-refractivity contribution in [2.45, 2.75) is 31.2 Å². The fraction of sp³-hybridized carbons (Fsp3) is 0.500. The summed E-state index contributed by atoms with van der Waals surface area (Å²) < 4.78 is 0. The smallest absolute Gasteiger partial charge is 0.0585 e. The molecule has 1 atom stereocenters. The molecule has 1 unspecified atom stereocenters. The first kappa shape index (κ1) is 9.69. The van der Waals surface area contributed by atoms with E-state index in [1.165, 1.54) is 24.0 Å². The molecule has 0 amide bonds. The van der Waals surface area contributed by atoms with Gasteiger partial charge in [-0.1, -0.05) is 24.3 Å². The first-order chi connectivity index (χ1) is 6.79. The molecule has 1 aliphatic carbocycles. The van der Waals surface area contributed by atoms with Crippen LogP contribution in [0.4, 0.5) is 0 Å². The zero-order valence-electron chi connectivity index (χ0n) is 8.32. The molecule has 2 heteroatoms. The Hall–Kier alpha value is -0.860. The highest BCUT2D eigenvalue weighted by atomic mass is 16.3. The third kappa shape index (κ3) is 2.34. The maximum Gasteiger partial charge on any atom is 0.0585 e. The molecule has 1 aromatic rings. The summed E-state index contributed by atoms with van der Waals surface area (Å²) in [4.78, 5) is 0. The molecular formula is C12H17NO. The van der Waals surface area contributed by atoms with Gasteiger partial charge in [0.2, 0.25) is 0 Å². The van der Waals surface area contributed by atoms with E-state index in [1.807, 2.05) is 0 Å². The Labute approximate surface area is 84.7 Å². The molecule has 14 heavy (non-hydrogen) atoms. The molecule has 0 radical (unpaired) electrons. The molecule has 0 bridgehead atoms. The minimum absolute atomic E-state index is 0.0632. The fourth-order valence-electron chi connectivity index (χ4n) is 1.76. The average Bonchev–Trinajstić information content (AvgIpc) is 3.01. The van der Waals surface area contributed by atoms with E-state index in [9.17, 15) is 0 Å². The lowest BCUT2D eigenvalue weighted by Gasteiger charge is -2.09. The maximum atomic E-state index is 8.86. The monoisotopic (exact) mass is 191 g/mol. The number of aliphatic hydroxyl groups is 1. The second kappa shape index (κ2) is 4.11. The maximum absolute atomic E-state index is 8.86. The van der Waals surface area contributed by atoms with E-state index in [0.717, 1.165) is 12.3 Å². The molecular weight excluding hydrogens is 174 g/mol. The number of rotatable bonds is 4. The number of hydrogen-bond acceptors (Lipinski definition) is 2. The summed E-state index contributed by atoms with van der Waals surface area (Å²) in [6.07, 6.45) is 3.43. The Bertz CT molecular complexity index is 307. The lowest BCUT2D eigenvalue weighted by Crippen LogP contribution is -2.26. The third-order valence-electron chi connectivity index (χ3n) is 2.73. The van der Waals surface area contributed by atoms with Gasteiger partial charge in [0.15, 0.2) is 0 Å². The normalized spacial score (nSPS) is 18.1. The van der Waals surface area contributed by atoms with Crippen LogP contribution in [0, 0.1) is 0 Å². The van der Waals surface area contributed by atoms with Crippen LogP contribution in [0.1, 0.15) is 29.9 Å². The molecule has 0 saturated heterocycles. The molecule has 1 fully saturated rings. The second-order valence-corrected chi connectivity index (χ2v) is 4.17. The van der Waals surface area contributed by atoms with Crippen molar-refractivity contribution in [2.24, 2.45) is 5.73 Å². The van der Waals surface area contributed by atoms with Crippen LogP contribution in [0.5, 0.6) is 0 Å². The van der Waals surface area contributed by atoms with Crippen LogP contribution in [-0.4, -0.2) is 17.8 Å². The Morgan fingerprint density at radius 1 is 1.43 bits per heavy atom. The van der Waals surface area contributed by atoms with E-state index in [2.05, 4.69) is 24.3 Å². The molecule has 2 nitrogen and oxygen atoms in total. The molecule has 0 spiro atoms. The van der Waals surface area contributed by atoms with Crippen molar-refractivity contribution in [3.8, 4) is 0 Å². The van der Waals surface area contributed by atoms with Crippen LogP contribution in [0.15, 0.2) is 24.3 Å². The predicted octanol–water partition coefficient (Wildman–Crippen LogP) is 1.43. The van der Waals surface area contributed by atoms with Crippen molar-refractivity contribution in [2.75, 3.05) is 6.61 Å². The van der Waals surface area contributed by atoms with Crippen molar-refractivity contribution in [3.63, 3.8) is 0 Å². The van der Waals surface area contributed by atoms with Crippen molar-refractivity contribution < 1.29 is 5.11 Å². The van der Waals surface area contributed by atoms with Gasteiger partial charge in [-0.15, -0.1) is 0 Å². The van der Waals surface area contributed by atoms with Crippen LogP contribution in [-0.2, 0) is 6.42 Å². The Morgan fingerprint density at radius 2 is 2.21 bits per heavy atom. The molecule has 2 rings (SSSR count). The number of benzene rings is 1. The van der Waals surface area contributed by atoms with Crippen molar-refractivity contribution in [3.05, 3.63) is 35.4 Å². The predicted molar refractivity (Wildman–Crippen MR) is 57.2 cm³/mol. The minimum atomic E-state index is -0.121. The lowest BCUT2D eigenvalue weighted by molar-refractivity contribution is 0.265. The summed E-state index contributed by atoms with van der Waals surface area (Å²) in [6, 6.07) is 8.47. The highest BCUT2D eigenvalue weighted by Gasteiger charge is 2.23. The summed E-state index contributed by atoms with van der Waals surface area (Å²) in [6.45, 7) is 0.0632. The van der Waals surface area contributed by atoms with Crippen LogP contribution in [0.3, 0.4) is 0 Å². The van der Waals surface area contributed by atoms with Crippen molar-refractivity contribution in [1.29, 1.82) is 0 Å². The SMILES string of the molecule is NC(CO)Cc1cccc(C2CC2)c1. The zero-order chi connectivity index (χ0) is 9.97. The fourth-order valence-corrected chi connectivity index (χ4v) is 1.76. The first-order valence-electron chi connectivity index (χ1n) is 5.25. The van der Waals surface area contributed by atoms with E-state index in [0.29, 0.717) is 0 Å². The van der Waals surface area contributed by atoms with E-state index in [4.69, 9.17) is 10.8 Å². The Kier molecular flexibility index (Phi) is 2.85. The lowest BCUT2D eigenvalue weighted by atomic mass is 10.0. The summed E-state index contributed by atoms with van der Waals surface area (Å²) in [5.74, 6) is 0.792. The van der Waals surface area contributed by atoms with Gasteiger partial charge < -0.3 is 10.8 Å². The summed E-state index contributed by atoms with van der Waals surface area (Å²) in [7, 11) is 0. The van der Waals surface area contributed by atoms with Crippen molar-refractivity contribution in [1.82, 2.24) is 0 Å². The number of hydrogen-bond donors (Lipinski definition) is 2. The Morgan fingerprint density at radius 3 is 2.86 bits per heavy atom. The van der Waals surface area contributed by atoms with Gasteiger partial charge in [0.05, 0.1) is 6.61 Å². The van der Waals surface area contributed by atoms with E-state index >= 15 is 0 Å². The van der Waals surface area contributed by atoms with Gasteiger partial charge in [-0.05, 0) is 36.3 Å². The zero-order valence-corrected chi connectivity index (χ0v) is 8.32. The highest BCUT2D eigenvalue weighted by Crippen LogP contribution is 2.40. The molecule has 1 aromatic carbocycles. The molecule has 3 N–H and O–H groups in total. The molecule has 0 aliphatic heterocycles. The summed E-state index contributed by atoms with van der Waals surface area (Å²) >= 11 is 0. The summed E-state index contributed by atoms with van der Waals surface area (Å²) in [5, 5.41) is 8.86. The van der Waals surface area contributed by atoms with Gasteiger partial charge in [0.1, 0.15) is 0 Å². The van der Waals surface area contributed by atoms with Crippen molar-refractivity contribution >= 4 is 0 Å². The van der Waals surface area contributed by atoms with Gasteiger partial charge in [-0.2, -0.15) is 0 Å². The average molecular weight is 191 g/mol. The van der Waals surface area contributed by atoms with Crippen LogP contribution in [0.25, 0.3) is 0 Å². The Balaban J connectivity index is 2.05. The number of aliphatic hydroxyl groups excluding tert-OH is 1. The van der Waals surface area contributed by atoms with Gasteiger partial charge in [-0.25, -0.2) is 0 Å². The molecule has 0 heterocycles.